The van der Waals surface area contributed by atoms with E-state index in [0.29, 0.717) is 6.10 Å². The van der Waals surface area contributed by atoms with Crippen LogP contribution in [0.1, 0.15) is 47.4 Å². The highest BCUT2D eigenvalue weighted by Crippen LogP contribution is 2.25. The molecule has 0 aromatic heterocycles. The average Bonchev–Trinajstić information content (AvgIpc) is 2.31. The van der Waals surface area contributed by atoms with Gasteiger partial charge in [0.05, 0.1) is 6.10 Å². The molecule has 1 saturated heterocycles. The van der Waals surface area contributed by atoms with E-state index in [2.05, 4.69) is 24.5 Å². The number of rotatable bonds is 5. The van der Waals surface area contributed by atoms with Gasteiger partial charge >= 0.3 is 0 Å². The van der Waals surface area contributed by atoms with Gasteiger partial charge in [-0.25, -0.2) is 0 Å². The standard InChI is InChI=1S/C14H27NO.CH5N.H2/c1-12(2)10-15-8-6-13(7-9-15)11-16-14-4-3-5-14;1-2;/h12-14H,3-11H2,1-2H3;2H2,1H3;1H. The molecule has 2 aliphatic rings. The van der Waals surface area contributed by atoms with Gasteiger partial charge in [-0.3, -0.25) is 0 Å². The predicted octanol–water partition coefficient (Wildman–Crippen LogP) is 2.74. The first kappa shape index (κ1) is 15.9. The number of nitrogens with two attached hydrogens (primary N) is 1. The lowest BCUT2D eigenvalue weighted by Gasteiger charge is -2.34. The Kier molecular flexibility index (Phi) is 7.87. The Morgan fingerprint density at radius 3 is 2.22 bits per heavy atom. The second kappa shape index (κ2) is 8.89. The van der Waals surface area contributed by atoms with Crippen molar-refractivity contribution in [3.8, 4) is 0 Å². The van der Waals surface area contributed by atoms with Crippen LogP contribution in [0.2, 0.25) is 0 Å². The highest BCUT2D eigenvalue weighted by molar-refractivity contribution is 4.75. The first-order valence-electron chi connectivity index (χ1n) is 7.65. The van der Waals surface area contributed by atoms with Gasteiger partial charge in [-0.05, 0) is 64.1 Å². The minimum atomic E-state index is 0. The summed E-state index contributed by atoms with van der Waals surface area (Å²) in [4.78, 5) is 2.62. The van der Waals surface area contributed by atoms with Crippen LogP contribution in [0.15, 0.2) is 0 Å². The largest absolute Gasteiger partial charge is 0.378 e. The van der Waals surface area contributed by atoms with Crippen LogP contribution >= 0.6 is 0 Å². The molecule has 2 fully saturated rings. The fourth-order valence-corrected chi connectivity index (χ4v) is 2.66. The monoisotopic (exact) mass is 258 g/mol. The van der Waals surface area contributed by atoms with E-state index in [0.717, 1.165) is 18.4 Å². The third-order valence-corrected chi connectivity index (χ3v) is 3.95. The lowest BCUT2D eigenvalue weighted by Crippen LogP contribution is -2.38. The molecule has 3 nitrogen and oxygen atoms in total. The zero-order valence-electron chi connectivity index (χ0n) is 12.5. The van der Waals surface area contributed by atoms with Crippen LogP contribution in [-0.4, -0.2) is 44.3 Å². The second-order valence-corrected chi connectivity index (χ2v) is 6.02. The van der Waals surface area contributed by atoms with Crippen LogP contribution in [-0.2, 0) is 4.74 Å². The normalized spacial score (nSPS) is 22.5. The summed E-state index contributed by atoms with van der Waals surface area (Å²) < 4.78 is 5.92. The molecule has 2 rings (SSSR count). The van der Waals surface area contributed by atoms with Gasteiger partial charge in [0.1, 0.15) is 0 Å². The fourth-order valence-electron chi connectivity index (χ4n) is 2.66. The van der Waals surface area contributed by atoms with Crippen molar-refractivity contribution in [3.05, 3.63) is 0 Å². The van der Waals surface area contributed by atoms with Crippen molar-refractivity contribution in [2.24, 2.45) is 17.6 Å². The molecule has 3 heteroatoms. The smallest absolute Gasteiger partial charge is 0.0575 e. The molecule has 1 heterocycles. The van der Waals surface area contributed by atoms with Gasteiger partial charge in [0.25, 0.3) is 0 Å². The Morgan fingerprint density at radius 1 is 1.17 bits per heavy atom. The maximum atomic E-state index is 5.92. The first-order chi connectivity index (χ1) is 8.74. The Hall–Kier alpha value is -0.120. The van der Waals surface area contributed by atoms with Crippen LogP contribution in [0.4, 0.5) is 0 Å². The van der Waals surface area contributed by atoms with Crippen molar-refractivity contribution in [1.29, 1.82) is 0 Å². The zero-order valence-corrected chi connectivity index (χ0v) is 12.5. The van der Waals surface area contributed by atoms with Crippen molar-refractivity contribution in [2.75, 3.05) is 33.3 Å². The van der Waals surface area contributed by atoms with Gasteiger partial charge in [-0.15, -0.1) is 0 Å². The van der Waals surface area contributed by atoms with E-state index < -0.39 is 0 Å². The van der Waals surface area contributed by atoms with E-state index in [1.54, 1.807) is 0 Å². The van der Waals surface area contributed by atoms with Crippen molar-refractivity contribution < 1.29 is 6.16 Å². The number of hydrogen-bond acceptors (Lipinski definition) is 3. The summed E-state index contributed by atoms with van der Waals surface area (Å²) in [6, 6.07) is 0. The maximum absolute atomic E-state index is 5.92. The second-order valence-electron chi connectivity index (χ2n) is 6.02. The lowest BCUT2D eigenvalue weighted by molar-refractivity contribution is -0.0263. The number of hydrogen-bond donors (Lipinski definition) is 1. The minimum absolute atomic E-state index is 0. The summed E-state index contributed by atoms with van der Waals surface area (Å²) in [5, 5.41) is 0. The van der Waals surface area contributed by atoms with E-state index in [4.69, 9.17) is 4.74 Å². The Bertz CT molecular complexity index is 202. The Labute approximate surface area is 115 Å². The third kappa shape index (κ3) is 5.68. The summed E-state index contributed by atoms with van der Waals surface area (Å²) in [6.45, 7) is 9.50. The molecule has 0 atom stereocenters. The molecular formula is C15H34N2O. The molecule has 0 aromatic rings. The van der Waals surface area contributed by atoms with Crippen molar-refractivity contribution in [1.82, 2.24) is 4.90 Å². The minimum Gasteiger partial charge on any atom is -0.378 e. The van der Waals surface area contributed by atoms with Crippen LogP contribution in [0, 0.1) is 11.8 Å². The molecule has 0 aromatic carbocycles. The highest BCUT2D eigenvalue weighted by atomic mass is 16.5. The van der Waals surface area contributed by atoms with Gasteiger partial charge in [0.15, 0.2) is 0 Å². The van der Waals surface area contributed by atoms with Crippen LogP contribution in [0.3, 0.4) is 0 Å². The molecule has 2 N–H and O–H groups in total. The quantitative estimate of drug-likeness (QED) is 0.824. The zero-order chi connectivity index (χ0) is 13.4. The van der Waals surface area contributed by atoms with Gasteiger partial charge in [0.2, 0.25) is 0 Å². The van der Waals surface area contributed by atoms with E-state index >= 15 is 0 Å². The van der Waals surface area contributed by atoms with Gasteiger partial charge in [0, 0.05) is 14.6 Å². The average molecular weight is 258 g/mol. The molecule has 110 valence electrons. The molecule has 0 amide bonds. The number of piperidine rings is 1. The van der Waals surface area contributed by atoms with E-state index in [-0.39, 0.29) is 1.43 Å². The van der Waals surface area contributed by atoms with Gasteiger partial charge in [-0.2, -0.15) is 0 Å². The molecule has 1 aliphatic carbocycles. The topological polar surface area (TPSA) is 38.5 Å². The van der Waals surface area contributed by atoms with E-state index in [1.165, 1.54) is 58.8 Å². The molecule has 18 heavy (non-hydrogen) atoms. The summed E-state index contributed by atoms with van der Waals surface area (Å²) in [5.41, 5.74) is 4.50. The summed E-state index contributed by atoms with van der Waals surface area (Å²) in [5.74, 6) is 1.65. The van der Waals surface area contributed by atoms with Gasteiger partial charge in [-0.1, -0.05) is 13.8 Å². The molecule has 0 spiro atoms. The molecule has 0 bridgehead atoms. The SMILES string of the molecule is CC(C)CN1CCC(COC2CCC2)CC1.CN.[HH]. The Morgan fingerprint density at radius 2 is 1.78 bits per heavy atom. The van der Waals surface area contributed by atoms with Crippen molar-refractivity contribution in [3.63, 3.8) is 0 Å². The molecule has 1 saturated carbocycles. The summed E-state index contributed by atoms with van der Waals surface area (Å²) in [6.07, 6.45) is 7.32. The number of ether oxygens (including phenoxy) is 1. The Balaban J connectivity index is 0.00000103. The number of likely N-dealkylation sites (tertiary alicyclic amines) is 1. The molecule has 0 radical (unpaired) electrons. The predicted molar refractivity (Wildman–Crippen MR) is 79.8 cm³/mol. The van der Waals surface area contributed by atoms with Gasteiger partial charge < -0.3 is 15.4 Å². The molecular weight excluding hydrogens is 224 g/mol. The fraction of sp³-hybridized carbons (Fsp3) is 1.00. The van der Waals surface area contributed by atoms with E-state index in [9.17, 15) is 0 Å². The third-order valence-electron chi connectivity index (χ3n) is 3.95. The molecule has 1 aliphatic heterocycles. The molecule has 0 unspecified atom stereocenters. The lowest BCUT2D eigenvalue weighted by atomic mass is 9.94. The summed E-state index contributed by atoms with van der Waals surface area (Å²) >= 11 is 0. The number of nitrogens with zero attached hydrogens (tertiary/aromatic N) is 1. The van der Waals surface area contributed by atoms with Crippen LogP contribution in [0.25, 0.3) is 0 Å². The first-order valence-corrected chi connectivity index (χ1v) is 7.65. The van der Waals surface area contributed by atoms with E-state index in [1.807, 2.05) is 0 Å². The van der Waals surface area contributed by atoms with Crippen molar-refractivity contribution >= 4 is 0 Å². The van der Waals surface area contributed by atoms with Crippen LogP contribution < -0.4 is 5.73 Å². The van der Waals surface area contributed by atoms with Crippen molar-refractivity contribution in [2.45, 2.75) is 52.1 Å². The van der Waals surface area contributed by atoms with Crippen LogP contribution in [0.5, 0.6) is 0 Å². The highest BCUT2D eigenvalue weighted by Gasteiger charge is 2.23. The maximum Gasteiger partial charge on any atom is 0.0575 e. The summed E-state index contributed by atoms with van der Waals surface area (Å²) in [7, 11) is 1.50.